The average molecular weight is 281 g/mol. The quantitative estimate of drug-likeness (QED) is 0.824. The lowest BCUT2D eigenvalue weighted by Gasteiger charge is -2.40. The molecule has 0 radical (unpaired) electrons. The molecule has 110 valence electrons. The van der Waals surface area contributed by atoms with Gasteiger partial charge in [-0.05, 0) is 25.6 Å². The van der Waals surface area contributed by atoms with E-state index in [4.69, 9.17) is 5.73 Å². The SMILES string of the molecule is CCC1CN(c2ccc(F)c(N)c2C(=O)O)CCN1C. The molecule has 1 saturated heterocycles. The van der Waals surface area contributed by atoms with Gasteiger partial charge < -0.3 is 15.7 Å². The average Bonchev–Trinajstić information content (AvgIpc) is 2.42. The van der Waals surface area contributed by atoms with E-state index in [2.05, 4.69) is 18.9 Å². The fourth-order valence-electron chi connectivity index (χ4n) is 2.68. The number of likely N-dealkylation sites (N-methyl/N-ethyl adjacent to an activating group) is 1. The van der Waals surface area contributed by atoms with Crippen LogP contribution in [0.25, 0.3) is 0 Å². The molecule has 1 unspecified atom stereocenters. The number of hydrogen-bond acceptors (Lipinski definition) is 4. The van der Waals surface area contributed by atoms with Gasteiger partial charge in [-0.1, -0.05) is 6.92 Å². The van der Waals surface area contributed by atoms with E-state index in [1.165, 1.54) is 12.1 Å². The molecular formula is C14H20FN3O2. The van der Waals surface area contributed by atoms with E-state index in [0.29, 0.717) is 18.3 Å². The van der Waals surface area contributed by atoms with Gasteiger partial charge in [0.15, 0.2) is 0 Å². The number of nitrogen functional groups attached to an aromatic ring is 1. The number of nitrogens with zero attached hydrogens (tertiary/aromatic N) is 2. The molecule has 1 atom stereocenters. The Morgan fingerprint density at radius 2 is 2.20 bits per heavy atom. The minimum atomic E-state index is -1.19. The second kappa shape index (κ2) is 5.66. The molecule has 0 aliphatic carbocycles. The maximum atomic E-state index is 13.5. The number of benzene rings is 1. The lowest BCUT2D eigenvalue weighted by Crippen LogP contribution is -2.51. The highest BCUT2D eigenvalue weighted by Crippen LogP contribution is 2.30. The number of rotatable bonds is 3. The van der Waals surface area contributed by atoms with Crippen LogP contribution in [0.5, 0.6) is 0 Å². The van der Waals surface area contributed by atoms with Crippen molar-refractivity contribution in [1.29, 1.82) is 0 Å². The molecule has 1 aromatic rings. The van der Waals surface area contributed by atoms with Crippen molar-refractivity contribution >= 4 is 17.3 Å². The number of carboxylic acids is 1. The Kier molecular flexibility index (Phi) is 4.13. The monoisotopic (exact) mass is 281 g/mol. The Hall–Kier alpha value is -1.82. The second-order valence-electron chi connectivity index (χ2n) is 5.15. The third kappa shape index (κ3) is 2.56. The fourth-order valence-corrected chi connectivity index (χ4v) is 2.68. The molecule has 0 spiro atoms. The summed E-state index contributed by atoms with van der Waals surface area (Å²) in [7, 11) is 2.06. The first-order chi connectivity index (χ1) is 9.45. The van der Waals surface area contributed by atoms with Crippen molar-refractivity contribution in [3.05, 3.63) is 23.5 Å². The van der Waals surface area contributed by atoms with Crippen molar-refractivity contribution in [1.82, 2.24) is 4.90 Å². The van der Waals surface area contributed by atoms with Crippen LogP contribution in [0, 0.1) is 5.82 Å². The molecule has 1 aliphatic rings. The summed E-state index contributed by atoms with van der Waals surface area (Å²) in [6.45, 7) is 4.37. The van der Waals surface area contributed by atoms with Gasteiger partial charge in [-0.2, -0.15) is 0 Å². The molecule has 20 heavy (non-hydrogen) atoms. The van der Waals surface area contributed by atoms with Gasteiger partial charge in [0.05, 0.1) is 11.4 Å². The second-order valence-corrected chi connectivity index (χ2v) is 5.15. The Labute approximate surface area is 117 Å². The molecule has 0 bridgehead atoms. The van der Waals surface area contributed by atoms with Crippen molar-refractivity contribution in [3.63, 3.8) is 0 Å². The van der Waals surface area contributed by atoms with Crippen molar-refractivity contribution in [2.45, 2.75) is 19.4 Å². The summed E-state index contributed by atoms with van der Waals surface area (Å²) in [4.78, 5) is 15.6. The Balaban J connectivity index is 2.38. The molecule has 6 heteroatoms. The van der Waals surface area contributed by atoms with Gasteiger partial charge in [0.1, 0.15) is 11.4 Å². The van der Waals surface area contributed by atoms with Crippen molar-refractivity contribution < 1.29 is 14.3 Å². The number of hydrogen-bond donors (Lipinski definition) is 2. The maximum Gasteiger partial charge on any atom is 0.340 e. The van der Waals surface area contributed by atoms with Gasteiger partial charge in [0.2, 0.25) is 0 Å². The van der Waals surface area contributed by atoms with Gasteiger partial charge >= 0.3 is 5.97 Å². The molecule has 0 aromatic heterocycles. The summed E-state index contributed by atoms with van der Waals surface area (Å²) in [6.07, 6.45) is 0.978. The summed E-state index contributed by atoms with van der Waals surface area (Å²) >= 11 is 0. The summed E-state index contributed by atoms with van der Waals surface area (Å²) in [5.41, 5.74) is 5.67. The van der Waals surface area contributed by atoms with Crippen molar-refractivity contribution in [2.75, 3.05) is 37.3 Å². The predicted molar refractivity (Wildman–Crippen MR) is 76.7 cm³/mol. The minimum Gasteiger partial charge on any atom is -0.478 e. The minimum absolute atomic E-state index is 0.135. The zero-order chi connectivity index (χ0) is 14.9. The number of aromatic carboxylic acids is 1. The number of anilines is 2. The summed E-state index contributed by atoms with van der Waals surface area (Å²) < 4.78 is 13.5. The third-order valence-corrected chi connectivity index (χ3v) is 3.97. The number of nitrogens with two attached hydrogens (primary N) is 1. The molecule has 0 saturated carbocycles. The first kappa shape index (κ1) is 14.6. The van der Waals surface area contributed by atoms with E-state index >= 15 is 0 Å². The highest BCUT2D eigenvalue weighted by atomic mass is 19.1. The van der Waals surface area contributed by atoms with Crippen LogP contribution in [0.4, 0.5) is 15.8 Å². The lowest BCUT2D eigenvalue weighted by molar-refractivity contribution is 0.0698. The van der Waals surface area contributed by atoms with Crippen LogP contribution in [0.1, 0.15) is 23.7 Å². The van der Waals surface area contributed by atoms with E-state index in [9.17, 15) is 14.3 Å². The molecule has 2 rings (SSSR count). The van der Waals surface area contributed by atoms with Crippen LogP contribution in [-0.4, -0.2) is 48.7 Å². The van der Waals surface area contributed by atoms with Gasteiger partial charge in [-0.15, -0.1) is 0 Å². The topological polar surface area (TPSA) is 69.8 Å². The van der Waals surface area contributed by atoms with Crippen LogP contribution in [-0.2, 0) is 0 Å². The third-order valence-electron chi connectivity index (χ3n) is 3.97. The highest BCUT2D eigenvalue weighted by Gasteiger charge is 2.27. The normalized spacial score (nSPS) is 20.1. The van der Waals surface area contributed by atoms with Crippen molar-refractivity contribution in [3.8, 4) is 0 Å². The molecule has 1 aliphatic heterocycles. The Bertz CT molecular complexity index is 521. The smallest absolute Gasteiger partial charge is 0.340 e. The van der Waals surface area contributed by atoms with E-state index < -0.39 is 11.8 Å². The summed E-state index contributed by atoms with van der Waals surface area (Å²) in [6, 6.07) is 3.10. The lowest BCUT2D eigenvalue weighted by atomic mass is 10.1. The van der Waals surface area contributed by atoms with Crippen LogP contribution in [0.15, 0.2) is 12.1 Å². The number of piperazine rings is 1. The first-order valence-corrected chi connectivity index (χ1v) is 6.72. The zero-order valence-electron chi connectivity index (χ0n) is 11.8. The van der Waals surface area contributed by atoms with Crippen molar-refractivity contribution in [2.24, 2.45) is 0 Å². The molecule has 1 aromatic carbocycles. The summed E-state index contributed by atoms with van der Waals surface area (Å²) in [5, 5.41) is 9.29. The molecule has 3 N–H and O–H groups in total. The van der Waals surface area contributed by atoms with Crippen LogP contribution in [0.2, 0.25) is 0 Å². The van der Waals surface area contributed by atoms with Gasteiger partial charge in [0.25, 0.3) is 0 Å². The van der Waals surface area contributed by atoms with E-state index in [-0.39, 0.29) is 11.3 Å². The van der Waals surface area contributed by atoms with Gasteiger partial charge in [-0.25, -0.2) is 9.18 Å². The highest BCUT2D eigenvalue weighted by molar-refractivity contribution is 6.00. The largest absolute Gasteiger partial charge is 0.478 e. The molecule has 1 fully saturated rings. The first-order valence-electron chi connectivity index (χ1n) is 6.72. The summed E-state index contributed by atoms with van der Waals surface area (Å²) in [5.74, 6) is -1.88. The molecular weight excluding hydrogens is 261 g/mol. The van der Waals surface area contributed by atoms with Crippen LogP contribution < -0.4 is 10.6 Å². The Morgan fingerprint density at radius 1 is 1.50 bits per heavy atom. The molecule has 0 amide bonds. The Morgan fingerprint density at radius 3 is 2.80 bits per heavy atom. The predicted octanol–water partition coefficient (Wildman–Crippen LogP) is 1.64. The van der Waals surface area contributed by atoms with E-state index in [1.807, 2.05) is 4.90 Å². The molecule has 1 heterocycles. The standard InChI is InChI=1S/C14H20FN3O2/c1-3-9-8-18(7-6-17(9)2)11-5-4-10(15)13(16)12(11)14(19)20/h4-5,9H,3,6-8,16H2,1-2H3,(H,19,20). The fraction of sp³-hybridized carbons (Fsp3) is 0.500. The van der Waals surface area contributed by atoms with Crippen LogP contribution >= 0.6 is 0 Å². The zero-order valence-corrected chi connectivity index (χ0v) is 11.8. The van der Waals surface area contributed by atoms with E-state index in [1.54, 1.807) is 0 Å². The van der Waals surface area contributed by atoms with Crippen LogP contribution in [0.3, 0.4) is 0 Å². The van der Waals surface area contributed by atoms with Gasteiger partial charge in [0, 0.05) is 25.7 Å². The van der Waals surface area contributed by atoms with E-state index in [0.717, 1.165) is 19.5 Å². The number of carboxylic acid groups (broad SMARTS) is 1. The molecule has 5 nitrogen and oxygen atoms in total. The number of carbonyl (C=O) groups is 1. The maximum absolute atomic E-state index is 13.5. The van der Waals surface area contributed by atoms with Gasteiger partial charge in [-0.3, -0.25) is 4.90 Å². The number of halogens is 1.